The molecule has 0 saturated carbocycles. The van der Waals surface area contributed by atoms with E-state index in [1.807, 2.05) is 36.6 Å². The first kappa shape index (κ1) is 19.0. The lowest BCUT2D eigenvalue weighted by molar-refractivity contribution is -0.119. The number of esters is 1. The van der Waals surface area contributed by atoms with Gasteiger partial charge in [-0.1, -0.05) is 47.5 Å². The van der Waals surface area contributed by atoms with Gasteiger partial charge in [-0.15, -0.1) is 11.3 Å². The monoisotopic (exact) mass is 404 g/mol. The molecule has 0 aliphatic rings. The summed E-state index contributed by atoms with van der Waals surface area (Å²) in [5, 5.41) is 4.65. The van der Waals surface area contributed by atoms with Crippen molar-refractivity contribution < 1.29 is 18.7 Å². The van der Waals surface area contributed by atoms with Crippen LogP contribution in [0.1, 0.15) is 15.9 Å². The maximum Gasteiger partial charge on any atom is 0.343 e. The Morgan fingerprint density at radius 3 is 2.67 bits per heavy atom. The molecule has 1 aromatic heterocycles. The van der Waals surface area contributed by atoms with Gasteiger partial charge in [0.05, 0.1) is 10.7 Å². The molecule has 3 aromatic rings. The summed E-state index contributed by atoms with van der Waals surface area (Å²) in [7, 11) is 0. The van der Waals surface area contributed by atoms with Crippen LogP contribution in [0, 0.1) is 12.7 Å². The third kappa shape index (κ3) is 4.69. The van der Waals surface area contributed by atoms with Gasteiger partial charge in [0.1, 0.15) is 11.4 Å². The van der Waals surface area contributed by atoms with Crippen LogP contribution in [0.5, 0.6) is 0 Å². The van der Waals surface area contributed by atoms with E-state index in [1.54, 1.807) is 0 Å². The van der Waals surface area contributed by atoms with E-state index in [9.17, 15) is 14.0 Å². The van der Waals surface area contributed by atoms with Gasteiger partial charge < -0.3 is 4.74 Å². The normalized spacial score (nSPS) is 10.5. The third-order valence-electron chi connectivity index (χ3n) is 3.60. The van der Waals surface area contributed by atoms with Crippen molar-refractivity contribution in [1.29, 1.82) is 0 Å². The lowest BCUT2D eigenvalue weighted by Crippen LogP contribution is -2.21. The van der Waals surface area contributed by atoms with Gasteiger partial charge in [-0.05, 0) is 19.1 Å². The zero-order chi connectivity index (χ0) is 19.4. The number of nitrogens with zero attached hydrogens (tertiary/aromatic N) is 1. The number of aryl methyl sites for hydroxylation is 1. The highest BCUT2D eigenvalue weighted by Crippen LogP contribution is 2.25. The van der Waals surface area contributed by atoms with Crippen molar-refractivity contribution in [2.45, 2.75) is 6.92 Å². The lowest BCUT2D eigenvalue weighted by Gasteiger charge is -2.06. The summed E-state index contributed by atoms with van der Waals surface area (Å²) in [4.78, 5) is 28.2. The number of carbonyl (C=O) groups excluding carboxylic acids is 2. The molecule has 0 bridgehead atoms. The summed E-state index contributed by atoms with van der Waals surface area (Å²) in [6.07, 6.45) is 0. The topological polar surface area (TPSA) is 68.3 Å². The molecule has 0 aliphatic carbocycles. The zero-order valence-electron chi connectivity index (χ0n) is 14.2. The van der Waals surface area contributed by atoms with E-state index < -0.39 is 29.9 Å². The van der Waals surface area contributed by atoms with Crippen LogP contribution in [-0.4, -0.2) is 23.5 Å². The van der Waals surface area contributed by atoms with E-state index in [1.165, 1.54) is 23.5 Å². The molecule has 27 heavy (non-hydrogen) atoms. The van der Waals surface area contributed by atoms with Gasteiger partial charge in [-0.2, -0.15) is 0 Å². The Labute approximate surface area is 163 Å². The zero-order valence-corrected chi connectivity index (χ0v) is 15.7. The molecular formula is C19H14ClFN2O3S. The van der Waals surface area contributed by atoms with Crippen molar-refractivity contribution in [3.63, 3.8) is 0 Å². The molecule has 0 aliphatic heterocycles. The van der Waals surface area contributed by atoms with Crippen molar-refractivity contribution >= 4 is 39.9 Å². The molecule has 5 nitrogen and oxygen atoms in total. The van der Waals surface area contributed by atoms with Crippen molar-refractivity contribution in [1.82, 2.24) is 4.98 Å². The van der Waals surface area contributed by atoms with Crippen molar-refractivity contribution in [3.8, 4) is 11.3 Å². The molecule has 2 aromatic carbocycles. The first-order valence-corrected chi connectivity index (χ1v) is 9.13. The van der Waals surface area contributed by atoms with Gasteiger partial charge in [0.2, 0.25) is 0 Å². The summed E-state index contributed by atoms with van der Waals surface area (Å²) in [5.74, 6) is -2.40. The summed E-state index contributed by atoms with van der Waals surface area (Å²) in [5.41, 5.74) is 2.39. The molecule has 1 heterocycles. The van der Waals surface area contributed by atoms with E-state index >= 15 is 0 Å². The Morgan fingerprint density at radius 2 is 1.96 bits per heavy atom. The fourth-order valence-corrected chi connectivity index (χ4v) is 3.22. The van der Waals surface area contributed by atoms with Crippen LogP contribution in [0.15, 0.2) is 47.8 Å². The average Bonchev–Trinajstić information content (AvgIpc) is 3.09. The number of amides is 1. The van der Waals surface area contributed by atoms with Crippen molar-refractivity contribution in [2.75, 3.05) is 11.9 Å². The van der Waals surface area contributed by atoms with Crippen LogP contribution < -0.4 is 5.32 Å². The number of anilines is 1. The third-order valence-corrected chi connectivity index (χ3v) is 4.67. The Hall–Kier alpha value is -2.77. The van der Waals surface area contributed by atoms with Crippen LogP contribution in [0.4, 0.5) is 9.52 Å². The van der Waals surface area contributed by atoms with Crippen LogP contribution in [0.2, 0.25) is 5.02 Å². The standard InChI is InChI=1S/C19H14ClFN2O3S/c1-11-5-7-12(8-6-11)15-10-27-19(22-15)23-16(24)9-26-18(25)17-13(20)3-2-4-14(17)21/h2-8,10H,9H2,1H3,(H,22,23,24). The minimum atomic E-state index is -1.01. The number of hydrogen-bond acceptors (Lipinski definition) is 5. The summed E-state index contributed by atoms with van der Waals surface area (Å²) >= 11 is 7.04. The van der Waals surface area contributed by atoms with Gasteiger partial charge in [-0.3, -0.25) is 10.1 Å². The molecule has 138 valence electrons. The quantitative estimate of drug-likeness (QED) is 0.625. The number of benzene rings is 2. The second-order valence-electron chi connectivity index (χ2n) is 5.62. The predicted octanol–water partition coefficient (Wildman–Crippen LogP) is 4.71. The van der Waals surface area contributed by atoms with E-state index in [2.05, 4.69) is 10.3 Å². The molecule has 0 fully saturated rings. The second kappa shape index (κ2) is 8.28. The van der Waals surface area contributed by atoms with Gasteiger partial charge >= 0.3 is 5.97 Å². The predicted molar refractivity (Wildman–Crippen MR) is 103 cm³/mol. The molecule has 0 spiro atoms. The molecule has 8 heteroatoms. The van der Waals surface area contributed by atoms with Gasteiger partial charge in [0, 0.05) is 10.9 Å². The highest BCUT2D eigenvalue weighted by Gasteiger charge is 2.18. The number of rotatable bonds is 5. The molecule has 0 radical (unpaired) electrons. The smallest absolute Gasteiger partial charge is 0.343 e. The summed E-state index contributed by atoms with van der Waals surface area (Å²) < 4.78 is 18.5. The maximum atomic E-state index is 13.7. The maximum absolute atomic E-state index is 13.7. The van der Waals surface area contributed by atoms with E-state index in [0.29, 0.717) is 5.13 Å². The van der Waals surface area contributed by atoms with Crippen molar-refractivity contribution in [2.24, 2.45) is 0 Å². The van der Waals surface area contributed by atoms with Crippen LogP contribution in [0.3, 0.4) is 0 Å². The number of halogens is 2. The molecule has 1 amide bonds. The molecule has 0 unspecified atom stereocenters. The Balaban J connectivity index is 1.58. The number of carbonyl (C=O) groups is 2. The Bertz CT molecular complexity index is 969. The van der Waals surface area contributed by atoms with Gasteiger partial charge in [-0.25, -0.2) is 14.2 Å². The largest absolute Gasteiger partial charge is 0.452 e. The van der Waals surface area contributed by atoms with E-state index in [0.717, 1.165) is 22.9 Å². The van der Waals surface area contributed by atoms with Crippen LogP contribution >= 0.6 is 22.9 Å². The fourth-order valence-electron chi connectivity index (χ4n) is 2.24. The summed E-state index contributed by atoms with van der Waals surface area (Å²) in [6, 6.07) is 11.6. The van der Waals surface area contributed by atoms with Gasteiger partial charge in [0.25, 0.3) is 5.91 Å². The van der Waals surface area contributed by atoms with Crippen LogP contribution in [-0.2, 0) is 9.53 Å². The van der Waals surface area contributed by atoms with E-state index in [-0.39, 0.29) is 5.02 Å². The minimum Gasteiger partial charge on any atom is -0.452 e. The number of ether oxygens (including phenoxy) is 1. The lowest BCUT2D eigenvalue weighted by atomic mass is 10.1. The molecule has 0 saturated heterocycles. The highest BCUT2D eigenvalue weighted by atomic mass is 35.5. The number of aromatic nitrogens is 1. The SMILES string of the molecule is Cc1ccc(-c2csc(NC(=O)COC(=O)c3c(F)cccc3Cl)n2)cc1. The van der Waals surface area contributed by atoms with E-state index in [4.69, 9.17) is 16.3 Å². The molecular weight excluding hydrogens is 391 g/mol. The Morgan fingerprint density at radius 1 is 1.22 bits per heavy atom. The summed E-state index contributed by atoms with van der Waals surface area (Å²) in [6.45, 7) is 1.41. The average molecular weight is 405 g/mol. The highest BCUT2D eigenvalue weighted by molar-refractivity contribution is 7.14. The second-order valence-corrected chi connectivity index (χ2v) is 6.89. The molecule has 3 rings (SSSR count). The minimum absolute atomic E-state index is 0.0805. The molecule has 1 N–H and O–H groups in total. The number of thiazole rings is 1. The number of hydrogen-bond donors (Lipinski definition) is 1. The first-order valence-electron chi connectivity index (χ1n) is 7.87. The molecule has 0 atom stereocenters. The van der Waals surface area contributed by atoms with Crippen molar-refractivity contribution in [3.05, 3.63) is 69.8 Å². The first-order chi connectivity index (χ1) is 12.9. The fraction of sp³-hybridized carbons (Fsp3) is 0.105. The van der Waals surface area contributed by atoms with Crippen LogP contribution in [0.25, 0.3) is 11.3 Å². The Kier molecular flexibility index (Phi) is 5.83. The van der Waals surface area contributed by atoms with Gasteiger partial charge in [0.15, 0.2) is 11.7 Å². The number of nitrogens with one attached hydrogen (secondary N) is 1.